The summed E-state index contributed by atoms with van der Waals surface area (Å²) in [5, 5.41) is 1.50. The minimum Gasteiger partial charge on any atom is -0.444 e. The summed E-state index contributed by atoms with van der Waals surface area (Å²) in [6, 6.07) is 10.1. The lowest BCUT2D eigenvalue weighted by Gasteiger charge is -2.30. The molecule has 1 unspecified atom stereocenters. The molecule has 0 bridgehead atoms. The fourth-order valence-electron chi connectivity index (χ4n) is 5.61. The quantitative estimate of drug-likeness (QED) is 0.401. The lowest BCUT2D eigenvalue weighted by atomic mass is 9.93. The number of aryl methyl sites for hydroxylation is 3. The Kier molecular flexibility index (Phi) is 5.21. The minimum absolute atomic E-state index is 0.161. The Morgan fingerprint density at radius 1 is 1.08 bits per heavy atom. The van der Waals surface area contributed by atoms with Crippen LogP contribution in [0.2, 0.25) is 5.02 Å². The number of rotatable bonds is 3. The molecule has 2 aliphatic heterocycles. The van der Waals surface area contributed by atoms with Crippen molar-refractivity contribution in [3.05, 3.63) is 91.0 Å². The highest BCUT2D eigenvalue weighted by Gasteiger charge is 2.44. The SMILES string of the molecule is Cc1cc(C)c(CN2CCc3c(Cl)c4c(c(C)c3C2=O)OC(C)(c2ccc3c(ccn3C)c2)O4)c(=O)[nH]1. The summed E-state index contributed by atoms with van der Waals surface area (Å²) in [5.41, 5.74) is 6.06. The summed E-state index contributed by atoms with van der Waals surface area (Å²) in [6.45, 7) is 8.18. The fourth-order valence-corrected chi connectivity index (χ4v) is 5.93. The fraction of sp³-hybridized carbons (Fsp3) is 0.310. The Labute approximate surface area is 219 Å². The maximum atomic E-state index is 13.7. The molecule has 1 N–H and O–H groups in total. The van der Waals surface area contributed by atoms with Gasteiger partial charge in [-0.25, -0.2) is 0 Å². The van der Waals surface area contributed by atoms with Crippen LogP contribution in [-0.2, 0) is 25.8 Å². The number of pyridine rings is 1. The summed E-state index contributed by atoms with van der Waals surface area (Å²) in [5.74, 6) is -0.287. The van der Waals surface area contributed by atoms with Crippen molar-refractivity contribution in [3.63, 3.8) is 0 Å². The molecule has 2 aromatic carbocycles. The van der Waals surface area contributed by atoms with E-state index in [1.54, 1.807) is 4.90 Å². The van der Waals surface area contributed by atoms with Crippen molar-refractivity contribution in [2.24, 2.45) is 7.05 Å². The molecule has 6 rings (SSSR count). The number of H-pyrrole nitrogens is 1. The molecule has 0 fully saturated rings. The summed E-state index contributed by atoms with van der Waals surface area (Å²) in [7, 11) is 2.01. The standard InChI is InChI=1S/C29H28ClN3O4/c1-15-12-16(2)31-27(34)21(15)14-33-11-9-20-23(28(33)35)17(3)25-26(24(20)30)37-29(4,36-25)19-6-7-22-18(13-19)8-10-32(22)5/h6-8,10,12-13H,9,11,14H2,1-5H3,(H,31,34). The normalized spacial score (nSPS) is 18.5. The molecule has 7 nitrogen and oxygen atoms in total. The van der Waals surface area contributed by atoms with E-state index in [1.165, 1.54) is 0 Å². The number of fused-ring (bicyclic) bond motifs is 3. The van der Waals surface area contributed by atoms with Gasteiger partial charge < -0.3 is 23.9 Å². The third kappa shape index (κ3) is 3.55. The molecule has 0 spiro atoms. The van der Waals surface area contributed by atoms with E-state index >= 15 is 0 Å². The number of hydrogen-bond acceptors (Lipinski definition) is 4. The molecule has 1 amide bonds. The van der Waals surface area contributed by atoms with Gasteiger partial charge in [0.15, 0.2) is 11.5 Å². The summed E-state index contributed by atoms with van der Waals surface area (Å²) in [6.07, 6.45) is 2.58. The Morgan fingerprint density at radius 3 is 2.59 bits per heavy atom. The van der Waals surface area contributed by atoms with Gasteiger partial charge in [0.25, 0.3) is 17.3 Å². The number of hydrogen-bond donors (Lipinski definition) is 1. The van der Waals surface area contributed by atoms with Crippen molar-refractivity contribution in [1.29, 1.82) is 0 Å². The third-order valence-electron chi connectivity index (χ3n) is 7.67. The second kappa shape index (κ2) is 8.15. The van der Waals surface area contributed by atoms with Gasteiger partial charge in [-0.1, -0.05) is 11.6 Å². The van der Waals surface area contributed by atoms with Crippen molar-refractivity contribution in [1.82, 2.24) is 14.5 Å². The first-order valence-electron chi connectivity index (χ1n) is 12.3. The van der Waals surface area contributed by atoms with Crippen LogP contribution in [-0.4, -0.2) is 26.9 Å². The van der Waals surface area contributed by atoms with Gasteiger partial charge in [0.1, 0.15) is 0 Å². The van der Waals surface area contributed by atoms with E-state index in [0.717, 1.165) is 33.3 Å². The molecule has 8 heteroatoms. The molecule has 2 aliphatic rings. The van der Waals surface area contributed by atoms with Crippen molar-refractivity contribution in [3.8, 4) is 11.5 Å². The van der Waals surface area contributed by atoms with Crippen LogP contribution in [0.4, 0.5) is 0 Å². The predicted octanol–water partition coefficient (Wildman–Crippen LogP) is 5.29. The largest absolute Gasteiger partial charge is 0.444 e. The zero-order chi connectivity index (χ0) is 26.2. The number of nitrogens with one attached hydrogen (secondary N) is 1. The molecule has 0 aliphatic carbocycles. The number of amides is 1. The Morgan fingerprint density at radius 2 is 1.84 bits per heavy atom. The first kappa shape index (κ1) is 23.7. The minimum atomic E-state index is -1.08. The van der Waals surface area contributed by atoms with Gasteiger partial charge in [0.2, 0.25) is 0 Å². The van der Waals surface area contributed by atoms with E-state index in [2.05, 4.69) is 21.7 Å². The number of carbonyl (C=O) groups excluding carboxylic acids is 1. The molecular weight excluding hydrogens is 490 g/mol. The van der Waals surface area contributed by atoms with Crippen LogP contribution in [0.3, 0.4) is 0 Å². The smallest absolute Gasteiger partial charge is 0.275 e. The van der Waals surface area contributed by atoms with Crippen molar-refractivity contribution < 1.29 is 14.3 Å². The van der Waals surface area contributed by atoms with Gasteiger partial charge in [0, 0.05) is 60.0 Å². The zero-order valence-electron chi connectivity index (χ0n) is 21.5. The highest BCUT2D eigenvalue weighted by molar-refractivity contribution is 6.34. The number of nitrogens with zero attached hydrogens (tertiary/aromatic N) is 2. The van der Waals surface area contributed by atoms with Crippen LogP contribution in [0.25, 0.3) is 10.9 Å². The van der Waals surface area contributed by atoms with Crippen LogP contribution in [0.5, 0.6) is 11.5 Å². The molecule has 190 valence electrons. The Balaban J connectivity index is 1.37. The van der Waals surface area contributed by atoms with E-state index in [-0.39, 0.29) is 18.0 Å². The highest BCUT2D eigenvalue weighted by Crippen LogP contribution is 2.53. The van der Waals surface area contributed by atoms with Gasteiger partial charge in [-0.3, -0.25) is 9.59 Å². The average molecular weight is 518 g/mol. The van der Waals surface area contributed by atoms with Gasteiger partial charge in [-0.05, 0) is 68.7 Å². The van der Waals surface area contributed by atoms with Crippen LogP contribution in [0.15, 0.2) is 41.3 Å². The number of carbonyl (C=O) groups is 1. The van der Waals surface area contributed by atoms with Crippen molar-refractivity contribution in [2.45, 2.75) is 46.4 Å². The zero-order valence-corrected chi connectivity index (χ0v) is 22.2. The number of benzene rings is 2. The van der Waals surface area contributed by atoms with Crippen LogP contribution in [0, 0.1) is 20.8 Å². The predicted molar refractivity (Wildman–Crippen MR) is 143 cm³/mol. The van der Waals surface area contributed by atoms with E-state index in [1.807, 2.05) is 59.1 Å². The number of aromatic amines is 1. The Hall–Kier alpha value is -3.71. The van der Waals surface area contributed by atoms with E-state index in [4.69, 9.17) is 21.1 Å². The second-order valence-corrected chi connectivity index (χ2v) is 10.6. The van der Waals surface area contributed by atoms with Crippen molar-refractivity contribution >= 4 is 28.4 Å². The van der Waals surface area contributed by atoms with Crippen LogP contribution >= 0.6 is 11.6 Å². The van der Waals surface area contributed by atoms with Gasteiger partial charge in [-0.15, -0.1) is 0 Å². The van der Waals surface area contributed by atoms with Crippen LogP contribution in [0.1, 0.15) is 50.8 Å². The van der Waals surface area contributed by atoms with E-state index in [0.29, 0.717) is 46.2 Å². The highest BCUT2D eigenvalue weighted by atomic mass is 35.5. The van der Waals surface area contributed by atoms with Gasteiger partial charge >= 0.3 is 0 Å². The summed E-state index contributed by atoms with van der Waals surface area (Å²) < 4.78 is 14.9. The molecule has 0 saturated heterocycles. The molecule has 37 heavy (non-hydrogen) atoms. The first-order valence-corrected chi connectivity index (χ1v) is 12.7. The lowest BCUT2D eigenvalue weighted by molar-refractivity contribution is -0.0681. The average Bonchev–Trinajstić information content (AvgIpc) is 3.41. The van der Waals surface area contributed by atoms with Crippen molar-refractivity contribution in [2.75, 3.05) is 6.54 Å². The van der Waals surface area contributed by atoms with E-state index in [9.17, 15) is 9.59 Å². The number of halogens is 1. The molecular formula is C29H28ClN3O4. The monoisotopic (exact) mass is 517 g/mol. The molecule has 0 saturated carbocycles. The van der Waals surface area contributed by atoms with E-state index < -0.39 is 5.79 Å². The summed E-state index contributed by atoms with van der Waals surface area (Å²) in [4.78, 5) is 30.9. The number of aromatic nitrogens is 2. The molecule has 1 atom stereocenters. The summed E-state index contributed by atoms with van der Waals surface area (Å²) >= 11 is 6.86. The maximum Gasteiger partial charge on any atom is 0.275 e. The number of ether oxygens (including phenoxy) is 2. The first-order chi connectivity index (χ1) is 17.6. The topological polar surface area (TPSA) is 76.6 Å². The molecule has 0 radical (unpaired) electrons. The molecule has 2 aromatic heterocycles. The Bertz CT molecular complexity index is 1690. The van der Waals surface area contributed by atoms with Crippen LogP contribution < -0.4 is 15.0 Å². The second-order valence-electron chi connectivity index (χ2n) is 10.2. The molecule has 4 heterocycles. The molecule has 4 aromatic rings. The van der Waals surface area contributed by atoms with Gasteiger partial charge in [-0.2, -0.15) is 0 Å². The lowest BCUT2D eigenvalue weighted by Crippen LogP contribution is -2.39. The maximum absolute atomic E-state index is 13.7. The van der Waals surface area contributed by atoms with Gasteiger partial charge in [0.05, 0.1) is 17.1 Å². The third-order valence-corrected chi connectivity index (χ3v) is 8.07.